The summed E-state index contributed by atoms with van der Waals surface area (Å²) in [4.78, 5) is 16.6. The van der Waals surface area contributed by atoms with Gasteiger partial charge in [0.15, 0.2) is 0 Å². The predicted octanol–water partition coefficient (Wildman–Crippen LogP) is 6.56. The molecule has 1 aromatic heterocycles. The van der Waals surface area contributed by atoms with Crippen LogP contribution in [0.4, 0.5) is 0 Å². The summed E-state index contributed by atoms with van der Waals surface area (Å²) in [6.07, 6.45) is 7.32. The second kappa shape index (κ2) is 9.41. The van der Waals surface area contributed by atoms with Gasteiger partial charge in [-0.15, -0.1) is 0 Å². The van der Waals surface area contributed by atoms with Crippen molar-refractivity contribution in [2.45, 2.75) is 37.7 Å². The van der Waals surface area contributed by atoms with Gasteiger partial charge in [0, 0.05) is 30.8 Å². The molecular formula is C30H27NO2. The Labute approximate surface area is 195 Å². The largest absolute Gasteiger partial charge is 0.482 e. The van der Waals surface area contributed by atoms with E-state index in [9.17, 15) is 4.79 Å². The summed E-state index contributed by atoms with van der Waals surface area (Å²) < 4.78 is 6.62. The highest BCUT2D eigenvalue weighted by Crippen LogP contribution is 2.50. The van der Waals surface area contributed by atoms with Crippen molar-refractivity contribution in [2.75, 3.05) is 0 Å². The first-order chi connectivity index (χ1) is 16.2. The van der Waals surface area contributed by atoms with Gasteiger partial charge in [0.05, 0.1) is 0 Å². The second-order valence-corrected chi connectivity index (χ2v) is 8.73. The van der Waals surface area contributed by atoms with Gasteiger partial charge in [0.2, 0.25) is 0 Å². The molecule has 3 nitrogen and oxygen atoms in total. The van der Waals surface area contributed by atoms with Gasteiger partial charge in [0.25, 0.3) is 0 Å². The third-order valence-corrected chi connectivity index (χ3v) is 6.28. The van der Waals surface area contributed by atoms with Gasteiger partial charge >= 0.3 is 0 Å². The summed E-state index contributed by atoms with van der Waals surface area (Å²) in [6.45, 7) is 0. The molecule has 0 atom stereocenters. The van der Waals surface area contributed by atoms with Crippen LogP contribution in [0.2, 0.25) is 0 Å². The third kappa shape index (κ3) is 5.04. The summed E-state index contributed by atoms with van der Waals surface area (Å²) in [7, 11) is 0. The summed E-state index contributed by atoms with van der Waals surface area (Å²) in [6, 6.07) is 30.9. The Morgan fingerprint density at radius 1 is 0.818 bits per heavy atom. The summed E-state index contributed by atoms with van der Waals surface area (Å²) in [5.74, 6) is 1.16. The number of benzene rings is 3. The van der Waals surface area contributed by atoms with Crippen LogP contribution in [0.5, 0.6) is 5.75 Å². The van der Waals surface area contributed by atoms with Crippen LogP contribution in [0.15, 0.2) is 103 Å². The van der Waals surface area contributed by atoms with Crippen LogP contribution in [0.1, 0.15) is 36.0 Å². The van der Waals surface area contributed by atoms with Gasteiger partial charge < -0.3 is 4.74 Å². The smallest absolute Gasteiger partial charge is 0.137 e. The van der Waals surface area contributed by atoms with Gasteiger partial charge in [-0.25, -0.2) is 0 Å². The van der Waals surface area contributed by atoms with E-state index < -0.39 is 0 Å². The zero-order valence-corrected chi connectivity index (χ0v) is 18.6. The topological polar surface area (TPSA) is 39.2 Å². The van der Waals surface area contributed by atoms with Gasteiger partial charge in [-0.05, 0) is 53.6 Å². The minimum atomic E-state index is -0.270. The van der Waals surface area contributed by atoms with Crippen LogP contribution in [-0.4, -0.2) is 10.8 Å². The Morgan fingerprint density at radius 3 is 2.30 bits per heavy atom. The number of hydrogen-bond acceptors (Lipinski definition) is 3. The van der Waals surface area contributed by atoms with E-state index in [-0.39, 0.29) is 11.4 Å². The van der Waals surface area contributed by atoms with Crippen molar-refractivity contribution >= 4 is 5.78 Å². The number of aryl methyl sites for hydroxylation is 1. The van der Waals surface area contributed by atoms with Crippen molar-refractivity contribution in [3.8, 4) is 16.9 Å². The molecule has 0 spiro atoms. The molecule has 33 heavy (non-hydrogen) atoms. The van der Waals surface area contributed by atoms with Crippen molar-refractivity contribution in [1.82, 2.24) is 4.98 Å². The molecule has 1 aliphatic carbocycles. The van der Waals surface area contributed by atoms with E-state index in [1.165, 1.54) is 5.56 Å². The Kier molecular flexibility index (Phi) is 6.03. The third-order valence-electron chi connectivity index (χ3n) is 6.28. The van der Waals surface area contributed by atoms with Crippen LogP contribution in [0.25, 0.3) is 11.1 Å². The zero-order valence-electron chi connectivity index (χ0n) is 18.6. The summed E-state index contributed by atoms with van der Waals surface area (Å²) in [5, 5.41) is 0. The Morgan fingerprint density at radius 2 is 1.58 bits per heavy atom. The minimum absolute atomic E-state index is 0.251. The van der Waals surface area contributed by atoms with E-state index in [1.54, 1.807) is 6.20 Å². The number of nitrogens with zero attached hydrogens (tertiary/aromatic N) is 1. The monoisotopic (exact) mass is 433 g/mol. The van der Waals surface area contributed by atoms with Crippen molar-refractivity contribution in [2.24, 2.45) is 0 Å². The fourth-order valence-electron chi connectivity index (χ4n) is 4.26. The molecule has 1 aliphatic rings. The molecule has 1 heterocycles. The number of carbonyl (C=O) groups excluding carboxylic acids is 1. The van der Waals surface area contributed by atoms with Gasteiger partial charge in [-0.2, -0.15) is 0 Å². The highest BCUT2D eigenvalue weighted by Gasteiger charge is 2.47. The maximum Gasteiger partial charge on any atom is 0.137 e. The van der Waals surface area contributed by atoms with Gasteiger partial charge in [-0.1, -0.05) is 78.9 Å². The van der Waals surface area contributed by atoms with Crippen LogP contribution in [0, 0.1) is 0 Å². The lowest BCUT2D eigenvalue weighted by atomic mass is 10.00. The molecule has 0 radical (unpaired) electrons. The Balaban J connectivity index is 1.25. The molecule has 4 aromatic rings. The standard InChI is InChI=1S/C30H27NO2/c32-27(17-14-24-7-6-20-31-22-24)21-23-12-15-26(16-13-23)30(18-19-30)33-29-11-5-4-10-28(29)25-8-2-1-3-9-25/h1-13,15-16,20,22H,14,17-19,21H2. The number of Topliss-reactive ketones (excluding diaryl/α,β-unsaturated/α-hetero) is 1. The average molecular weight is 434 g/mol. The number of hydrogen-bond donors (Lipinski definition) is 0. The number of ether oxygens (including phenoxy) is 1. The normalized spacial score (nSPS) is 13.9. The van der Waals surface area contributed by atoms with Crippen LogP contribution >= 0.6 is 0 Å². The van der Waals surface area contributed by atoms with E-state index in [0.29, 0.717) is 12.8 Å². The lowest BCUT2D eigenvalue weighted by Crippen LogP contribution is -2.16. The average Bonchev–Trinajstić information content (AvgIpc) is 3.65. The van der Waals surface area contributed by atoms with E-state index >= 15 is 0 Å². The number of pyridine rings is 1. The second-order valence-electron chi connectivity index (χ2n) is 8.73. The summed E-state index contributed by atoms with van der Waals surface area (Å²) in [5.41, 5.74) is 5.33. The fraction of sp³-hybridized carbons (Fsp3) is 0.200. The number of aromatic nitrogens is 1. The Hall–Kier alpha value is -3.72. The lowest BCUT2D eigenvalue weighted by molar-refractivity contribution is -0.118. The van der Waals surface area contributed by atoms with Crippen molar-refractivity contribution in [1.29, 1.82) is 0 Å². The molecule has 3 aromatic carbocycles. The van der Waals surface area contributed by atoms with E-state index in [0.717, 1.165) is 47.3 Å². The minimum Gasteiger partial charge on any atom is -0.482 e. The first kappa shape index (κ1) is 21.1. The van der Waals surface area contributed by atoms with Crippen molar-refractivity contribution < 1.29 is 9.53 Å². The molecule has 5 rings (SSSR count). The molecule has 1 fully saturated rings. The molecule has 1 saturated carbocycles. The predicted molar refractivity (Wildman–Crippen MR) is 131 cm³/mol. The molecule has 3 heteroatoms. The molecule has 0 amide bonds. The van der Waals surface area contributed by atoms with Crippen molar-refractivity contribution in [3.63, 3.8) is 0 Å². The lowest BCUT2D eigenvalue weighted by Gasteiger charge is -2.21. The quantitative estimate of drug-likeness (QED) is 0.300. The molecule has 0 unspecified atom stereocenters. The molecule has 0 aliphatic heterocycles. The SMILES string of the molecule is O=C(CCc1cccnc1)Cc1ccc(C2(Oc3ccccc3-c3ccccc3)CC2)cc1. The molecule has 0 bridgehead atoms. The Bertz CT molecular complexity index is 1210. The molecule has 0 N–H and O–H groups in total. The number of rotatable bonds is 9. The molecular weight excluding hydrogens is 406 g/mol. The first-order valence-corrected chi connectivity index (χ1v) is 11.6. The molecule has 0 saturated heterocycles. The highest BCUT2D eigenvalue weighted by molar-refractivity contribution is 5.81. The zero-order chi connectivity index (χ0) is 22.5. The summed E-state index contributed by atoms with van der Waals surface area (Å²) >= 11 is 0. The maximum atomic E-state index is 12.4. The van der Waals surface area contributed by atoms with E-state index in [1.807, 2.05) is 30.5 Å². The van der Waals surface area contributed by atoms with Crippen LogP contribution in [0.3, 0.4) is 0 Å². The first-order valence-electron chi connectivity index (χ1n) is 11.6. The number of carbonyl (C=O) groups is 1. The highest BCUT2D eigenvalue weighted by atomic mass is 16.5. The number of para-hydroxylation sites is 1. The van der Waals surface area contributed by atoms with E-state index in [2.05, 4.69) is 71.7 Å². The van der Waals surface area contributed by atoms with Crippen LogP contribution < -0.4 is 4.74 Å². The molecule has 164 valence electrons. The van der Waals surface area contributed by atoms with E-state index in [4.69, 9.17) is 4.74 Å². The maximum absolute atomic E-state index is 12.4. The van der Waals surface area contributed by atoms with Crippen LogP contribution in [-0.2, 0) is 23.2 Å². The van der Waals surface area contributed by atoms with Crippen molar-refractivity contribution in [3.05, 3.63) is 120 Å². The fourth-order valence-corrected chi connectivity index (χ4v) is 4.26. The van der Waals surface area contributed by atoms with Gasteiger partial charge in [-0.3, -0.25) is 9.78 Å². The van der Waals surface area contributed by atoms with Gasteiger partial charge in [0.1, 0.15) is 17.1 Å². The number of ketones is 1.